The third-order valence-electron chi connectivity index (χ3n) is 4.50. The second-order valence-corrected chi connectivity index (χ2v) is 6.09. The lowest BCUT2D eigenvalue weighted by Gasteiger charge is -2.19. The first-order valence-electron chi connectivity index (χ1n) is 8.10. The van der Waals surface area contributed by atoms with Crippen molar-refractivity contribution in [2.45, 2.75) is 39.5 Å². The van der Waals surface area contributed by atoms with Crippen molar-refractivity contribution in [3.05, 3.63) is 35.0 Å². The van der Waals surface area contributed by atoms with Crippen molar-refractivity contribution in [1.82, 2.24) is 15.0 Å². The number of carboxylic acid groups (broad SMARTS) is 1. The predicted octanol–water partition coefficient (Wildman–Crippen LogP) is 2.96. The molecular weight excluding hydrogens is 292 g/mol. The van der Waals surface area contributed by atoms with Crippen LogP contribution in [0.2, 0.25) is 0 Å². The van der Waals surface area contributed by atoms with Crippen LogP contribution in [0.3, 0.4) is 0 Å². The summed E-state index contributed by atoms with van der Waals surface area (Å²) in [6, 6.07) is 5.88. The van der Waals surface area contributed by atoms with Crippen LogP contribution in [-0.2, 0) is 0 Å². The highest BCUT2D eigenvalue weighted by atomic mass is 16.4. The Kier molecular flexibility index (Phi) is 4.32. The first-order valence-corrected chi connectivity index (χ1v) is 8.10. The standard InChI is InChI=1S/C17H22N4O2/c1-12-8-7-9-14(13(12)2)21-18-15(17(22)23)16(19-21)20-10-5-3-4-6-11-20/h7-9H,3-6,10-11H2,1-2H3,(H,22,23). The topological polar surface area (TPSA) is 71.2 Å². The first-order chi connectivity index (χ1) is 11.1. The second-order valence-electron chi connectivity index (χ2n) is 6.09. The third-order valence-corrected chi connectivity index (χ3v) is 4.50. The number of aryl methyl sites for hydroxylation is 1. The van der Waals surface area contributed by atoms with Crippen molar-refractivity contribution in [3.63, 3.8) is 0 Å². The number of hydrogen-bond donors (Lipinski definition) is 1. The zero-order valence-corrected chi connectivity index (χ0v) is 13.6. The molecule has 3 rings (SSSR count). The maximum atomic E-state index is 11.6. The molecule has 2 heterocycles. The Balaban J connectivity index is 2.05. The maximum absolute atomic E-state index is 11.6. The van der Waals surface area contributed by atoms with E-state index in [0.717, 1.165) is 42.7 Å². The molecule has 1 aromatic heterocycles. The normalized spacial score (nSPS) is 15.5. The molecule has 1 N–H and O–H groups in total. The fourth-order valence-corrected chi connectivity index (χ4v) is 2.99. The number of carbonyl (C=O) groups is 1. The minimum absolute atomic E-state index is 0.0350. The molecule has 0 atom stereocenters. The van der Waals surface area contributed by atoms with E-state index >= 15 is 0 Å². The van der Waals surface area contributed by atoms with Gasteiger partial charge in [-0.2, -0.15) is 0 Å². The molecule has 6 nitrogen and oxygen atoms in total. The van der Waals surface area contributed by atoms with Crippen LogP contribution in [0.1, 0.15) is 47.3 Å². The molecule has 0 aliphatic carbocycles. The molecule has 1 aliphatic rings. The SMILES string of the molecule is Cc1cccc(-n2nc(C(=O)O)c(N3CCCCCC3)n2)c1C. The lowest BCUT2D eigenvalue weighted by atomic mass is 10.1. The van der Waals surface area contributed by atoms with Crippen molar-refractivity contribution in [1.29, 1.82) is 0 Å². The van der Waals surface area contributed by atoms with Crippen molar-refractivity contribution in [3.8, 4) is 5.69 Å². The van der Waals surface area contributed by atoms with E-state index in [1.807, 2.05) is 32.0 Å². The summed E-state index contributed by atoms with van der Waals surface area (Å²) in [5.41, 5.74) is 3.05. The van der Waals surface area contributed by atoms with Gasteiger partial charge in [-0.05, 0) is 43.9 Å². The molecule has 1 saturated heterocycles. The second kappa shape index (κ2) is 6.40. The number of benzene rings is 1. The van der Waals surface area contributed by atoms with Crippen molar-refractivity contribution in [2.24, 2.45) is 0 Å². The average Bonchev–Trinajstić information content (AvgIpc) is 2.79. The van der Waals surface area contributed by atoms with Crippen LogP contribution in [0.5, 0.6) is 0 Å². The van der Waals surface area contributed by atoms with Crippen LogP contribution in [0.15, 0.2) is 18.2 Å². The Morgan fingerprint density at radius 1 is 1.09 bits per heavy atom. The van der Waals surface area contributed by atoms with Crippen LogP contribution >= 0.6 is 0 Å². The molecule has 122 valence electrons. The van der Waals surface area contributed by atoms with Crippen LogP contribution in [0.25, 0.3) is 5.69 Å². The zero-order valence-electron chi connectivity index (χ0n) is 13.6. The Hall–Kier alpha value is -2.37. The number of hydrogen-bond acceptors (Lipinski definition) is 4. The van der Waals surface area contributed by atoms with E-state index in [2.05, 4.69) is 15.1 Å². The largest absolute Gasteiger partial charge is 0.476 e. The van der Waals surface area contributed by atoms with E-state index in [1.54, 1.807) is 0 Å². The summed E-state index contributed by atoms with van der Waals surface area (Å²) in [6.07, 6.45) is 4.50. The van der Waals surface area contributed by atoms with E-state index in [9.17, 15) is 9.90 Å². The van der Waals surface area contributed by atoms with Gasteiger partial charge < -0.3 is 10.0 Å². The Bertz CT molecular complexity index is 715. The quantitative estimate of drug-likeness (QED) is 0.943. The van der Waals surface area contributed by atoms with Crippen LogP contribution in [0.4, 0.5) is 5.82 Å². The molecule has 23 heavy (non-hydrogen) atoms. The van der Waals surface area contributed by atoms with E-state index in [1.165, 1.54) is 17.6 Å². The predicted molar refractivity (Wildman–Crippen MR) is 88.5 cm³/mol. The molecule has 0 radical (unpaired) electrons. The fraction of sp³-hybridized carbons (Fsp3) is 0.471. The zero-order chi connectivity index (χ0) is 16.4. The molecule has 0 spiro atoms. The number of anilines is 1. The Labute approximate surface area is 135 Å². The molecule has 1 aliphatic heterocycles. The van der Waals surface area contributed by atoms with Gasteiger partial charge >= 0.3 is 5.97 Å². The summed E-state index contributed by atoms with van der Waals surface area (Å²) in [5, 5.41) is 18.3. The highest BCUT2D eigenvalue weighted by Gasteiger charge is 2.24. The third kappa shape index (κ3) is 3.06. The van der Waals surface area contributed by atoms with Gasteiger partial charge in [-0.15, -0.1) is 15.0 Å². The minimum atomic E-state index is -1.03. The van der Waals surface area contributed by atoms with Gasteiger partial charge in [0.25, 0.3) is 0 Å². The number of aromatic nitrogens is 3. The molecule has 0 unspecified atom stereocenters. The summed E-state index contributed by atoms with van der Waals surface area (Å²) < 4.78 is 0. The molecule has 2 aromatic rings. The van der Waals surface area contributed by atoms with E-state index in [4.69, 9.17) is 0 Å². The summed E-state index contributed by atoms with van der Waals surface area (Å²) in [4.78, 5) is 15.1. The minimum Gasteiger partial charge on any atom is -0.476 e. The summed E-state index contributed by atoms with van der Waals surface area (Å²) >= 11 is 0. The summed E-state index contributed by atoms with van der Waals surface area (Å²) in [5.74, 6) is -0.541. The molecule has 6 heteroatoms. The van der Waals surface area contributed by atoms with Gasteiger partial charge in [0.15, 0.2) is 5.82 Å². The van der Waals surface area contributed by atoms with Gasteiger partial charge in [0, 0.05) is 13.1 Å². The lowest BCUT2D eigenvalue weighted by molar-refractivity contribution is 0.0690. The molecule has 0 bridgehead atoms. The molecule has 1 aromatic carbocycles. The van der Waals surface area contributed by atoms with Crippen LogP contribution < -0.4 is 4.90 Å². The summed E-state index contributed by atoms with van der Waals surface area (Å²) in [6.45, 7) is 5.70. The number of nitrogens with zero attached hydrogens (tertiary/aromatic N) is 4. The van der Waals surface area contributed by atoms with Gasteiger partial charge in [0.2, 0.25) is 5.69 Å². The molecule has 0 amide bonds. The molecule has 1 fully saturated rings. The molecular formula is C17H22N4O2. The average molecular weight is 314 g/mol. The van der Waals surface area contributed by atoms with Crippen molar-refractivity contribution < 1.29 is 9.90 Å². The lowest BCUT2D eigenvalue weighted by Crippen LogP contribution is -2.26. The molecule has 0 saturated carbocycles. The number of rotatable bonds is 3. The number of carboxylic acids is 1. The van der Waals surface area contributed by atoms with E-state index in [-0.39, 0.29) is 5.69 Å². The highest BCUT2D eigenvalue weighted by Crippen LogP contribution is 2.23. The van der Waals surface area contributed by atoms with Gasteiger partial charge in [-0.25, -0.2) is 4.79 Å². The van der Waals surface area contributed by atoms with Crippen molar-refractivity contribution in [2.75, 3.05) is 18.0 Å². The van der Waals surface area contributed by atoms with E-state index < -0.39 is 5.97 Å². The Morgan fingerprint density at radius 3 is 2.43 bits per heavy atom. The van der Waals surface area contributed by atoms with Gasteiger partial charge in [0.05, 0.1) is 5.69 Å². The van der Waals surface area contributed by atoms with Gasteiger partial charge in [0.1, 0.15) is 0 Å². The summed E-state index contributed by atoms with van der Waals surface area (Å²) in [7, 11) is 0. The van der Waals surface area contributed by atoms with Crippen molar-refractivity contribution >= 4 is 11.8 Å². The Morgan fingerprint density at radius 2 is 1.78 bits per heavy atom. The highest BCUT2D eigenvalue weighted by molar-refractivity contribution is 5.91. The van der Waals surface area contributed by atoms with Gasteiger partial charge in [-0.3, -0.25) is 0 Å². The van der Waals surface area contributed by atoms with Crippen LogP contribution in [-0.4, -0.2) is 39.2 Å². The smallest absolute Gasteiger partial charge is 0.360 e. The maximum Gasteiger partial charge on any atom is 0.360 e. The number of aromatic carboxylic acids is 1. The monoisotopic (exact) mass is 314 g/mol. The first kappa shape index (κ1) is 15.5. The van der Waals surface area contributed by atoms with Crippen LogP contribution in [0, 0.1) is 13.8 Å². The van der Waals surface area contributed by atoms with E-state index in [0.29, 0.717) is 5.82 Å². The van der Waals surface area contributed by atoms with Gasteiger partial charge in [-0.1, -0.05) is 25.0 Å². The fourth-order valence-electron chi connectivity index (χ4n) is 2.99.